The van der Waals surface area contributed by atoms with Crippen molar-refractivity contribution in [3.63, 3.8) is 0 Å². The zero-order valence-corrected chi connectivity index (χ0v) is 14.7. The van der Waals surface area contributed by atoms with E-state index in [4.69, 9.17) is 27.9 Å². The monoisotopic (exact) mass is 354 g/mol. The van der Waals surface area contributed by atoms with Gasteiger partial charge in [0.25, 0.3) is 0 Å². The Balaban J connectivity index is 1.92. The number of nitrogens with zero attached hydrogens (tertiary/aromatic N) is 2. The lowest BCUT2D eigenvalue weighted by Gasteiger charge is -2.10. The lowest BCUT2D eigenvalue weighted by molar-refractivity contribution is 0.210. The van der Waals surface area contributed by atoms with E-state index < -0.39 is 0 Å². The number of nitrogens with one attached hydrogen (secondary N) is 2. The van der Waals surface area contributed by atoms with Gasteiger partial charge in [-0.25, -0.2) is 4.98 Å². The molecule has 23 heavy (non-hydrogen) atoms. The molecule has 5 nitrogen and oxygen atoms in total. The van der Waals surface area contributed by atoms with Crippen molar-refractivity contribution < 1.29 is 4.74 Å². The van der Waals surface area contributed by atoms with Crippen molar-refractivity contribution in [2.45, 2.75) is 13.3 Å². The molecule has 0 aliphatic heterocycles. The van der Waals surface area contributed by atoms with Crippen LogP contribution in [0.15, 0.2) is 24.3 Å². The molecule has 2 N–H and O–H groups in total. The largest absolute Gasteiger partial charge is 0.383 e. The molecule has 0 fully saturated rings. The highest BCUT2D eigenvalue weighted by Gasteiger charge is 2.04. The summed E-state index contributed by atoms with van der Waals surface area (Å²) in [4.78, 5) is 8.77. The minimum atomic E-state index is 0.592. The summed E-state index contributed by atoms with van der Waals surface area (Å²) in [7, 11) is 1.66. The molecule has 0 saturated carbocycles. The number of rotatable bonds is 8. The number of hydrogen-bond acceptors (Lipinski definition) is 5. The van der Waals surface area contributed by atoms with Crippen molar-refractivity contribution >= 4 is 35.0 Å². The second kappa shape index (κ2) is 8.91. The van der Waals surface area contributed by atoms with Gasteiger partial charge in [0.05, 0.1) is 6.61 Å². The van der Waals surface area contributed by atoms with Crippen LogP contribution in [0.25, 0.3) is 0 Å². The molecule has 0 aliphatic carbocycles. The van der Waals surface area contributed by atoms with Gasteiger partial charge in [-0.2, -0.15) is 4.98 Å². The van der Waals surface area contributed by atoms with Crippen molar-refractivity contribution in [1.29, 1.82) is 0 Å². The molecule has 1 aromatic carbocycles. The molecule has 0 amide bonds. The van der Waals surface area contributed by atoms with Crippen LogP contribution in [-0.4, -0.2) is 36.8 Å². The van der Waals surface area contributed by atoms with E-state index in [1.54, 1.807) is 13.2 Å². The molecule has 0 bridgehead atoms. The molecule has 0 spiro atoms. The molecule has 2 aromatic rings. The molecule has 0 radical (unpaired) electrons. The predicted molar refractivity (Wildman–Crippen MR) is 95.8 cm³/mol. The van der Waals surface area contributed by atoms with Gasteiger partial charge in [0, 0.05) is 42.0 Å². The number of anilines is 2. The molecule has 0 unspecified atom stereocenters. The highest BCUT2D eigenvalue weighted by Crippen LogP contribution is 2.21. The second-order valence-corrected chi connectivity index (χ2v) is 5.89. The average Bonchev–Trinajstić information content (AvgIpc) is 2.49. The zero-order chi connectivity index (χ0) is 16.7. The Morgan fingerprint density at radius 1 is 1.09 bits per heavy atom. The summed E-state index contributed by atoms with van der Waals surface area (Å²) >= 11 is 12.1. The third-order valence-electron chi connectivity index (χ3n) is 3.16. The average molecular weight is 355 g/mol. The van der Waals surface area contributed by atoms with Crippen LogP contribution < -0.4 is 10.6 Å². The van der Waals surface area contributed by atoms with Gasteiger partial charge in [-0.1, -0.05) is 29.3 Å². The van der Waals surface area contributed by atoms with Gasteiger partial charge in [-0.05, 0) is 31.0 Å². The summed E-state index contributed by atoms with van der Waals surface area (Å²) < 4.78 is 5.00. The maximum absolute atomic E-state index is 6.17. The number of hydrogen-bond donors (Lipinski definition) is 2. The molecule has 0 saturated heterocycles. The van der Waals surface area contributed by atoms with Gasteiger partial charge in [0.2, 0.25) is 5.95 Å². The quantitative estimate of drug-likeness (QED) is 0.706. The number of halogens is 2. The molecule has 0 aliphatic rings. The molecule has 2 rings (SSSR count). The fourth-order valence-corrected chi connectivity index (χ4v) is 2.56. The lowest BCUT2D eigenvalue weighted by Crippen LogP contribution is -2.13. The maximum Gasteiger partial charge on any atom is 0.224 e. The zero-order valence-electron chi connectivity index (χ0n) is 13.2. The topological polar surface area (TPSA) is 59.1 Å². The minimum Gasteiger partial charge on any atom is -0.383 e. The summed E-state index contributed by atoms with van der Waals surface area (Å²) in [6.45, 7) is 3.93. The summed E-state index contributed by atoms with van der Waals surface area (Å²) in [6, 6.07) is 7.45. The Hall–Kier alpha value is -1.56. The van der Waals surface area contributed by atoms with Gasteiger partial charge in [0.15, 0.2) is 0 Å². The lowest BCUT2D eigenvalue weighted by atomic mass is 10.1. The third-order valence-corrected chi connectivity index (χ3v) is 3.75. The standard InChI is InChI=1S/C16H20Cl2N4O/c1-11-9-15(22-16(21-11)20-7-8-23-2)19-6-5-12-3-4-13(17)10-14(12)18/h3-4,9-10H,5-8H2,1-2H3,(H2,19,20,21,22). The first kappa shape index (κ1) is 17.8. The first-order chi connectivity index (χ1) is 11.1. The molecule has 1 aromatic heterocycles. The van der Waals surface area contributed by atoms with Crippen molar-refractivity contribution in [1.82, 2.24) is 9.97 Å². The first-order valence-corrected chi connectivity index (χ1v) is 8.10. The number of benzene rings is 1. The van der Waals surface area contributed by atoms with Gasteiger partial charge in [-0.3, -0.25) is 0 Å². The van der Waals surface area contributed by atoms with Crippen LogP contribution >= 0.6 is 23.2 Å². The van der Waals surface area contributed by atoms with E-state index in [0.717, 1.165) is 30.0 Å². The Bertz CT molecular complexity index is 652. The molecular weight excluding hydrogens is 335 g/mol. The van der Waals surface area contributed by atoms with E-state index in [1.807, 2.05) is 25.1 Å². The van der Waals surface area contributed by atoms with Gasteiger partial charge >= 0.3 is 0 Å². The SMILES string of the molecule is COCCNc1nc(C)cc(NCCc2ccc(Cl)cc2Cl)n1. The van der Waals surface area contributed by atoms with Crippen LogP contribution in [0.2, 0.25) is 10.0 Å². The summed E-state index contributed by atoms with van der Waals surface area (Å²) in [5.74, 6) is 1.37. The van der Waals surface area contributed by atoms with Gasteiger partial charge in [-0.15, -0.1) is 0 Å². The Kier molecular flexibility index (Phi) is 6.89. The number of methoxy groups -OCH3 is 1. The fourth-order valence-electron chi connectivity index (χ4n) is 2.05. The fraction of sp³-hybridized carbons (Fsp3) is 0.375. The Morgan fingerprint density at radius 3 is 2.65 bits per heavy atom. The molecule has 1 heterocycles. The van der Waals surface area contributed by atoms with Crippen LogP contribution in [0.4, 0.5) is 11.8 Å². The van der Waals surface area contributed by atoms with E-state index in [1.165, 1.54) is 0 Å². The van der Waals surface area contributed by atoms with Crippen LogP contribution in [0.5, 0.6) is 0 Å². The Morgan fingerprint density at radius 2 is 1.91 bits per heavy atom. The Labute approximate surface area is 146 Å². The van der Waals surface area contributed by atoms with E-state index in [-0.39, 0.29) is 0 Å². The maximum atomic E-state index is 6.17. The van der Waals surface area contributed by atoms with E-state index >= 15 is 0 Å². The number of ether oxygens (including phenoxy) is 1. The van der Waals surface area contributed by atoms with Crippen LogP contribution in [0.3, 0.4) is 0 Å². The van der Waals surface area contributed by atoms with Crippen LogP contribution in [0, 0.1) is 6.92 Å². The van der Waals surface area contributed by atoms with Crippen molar-refractivity contribution in [2.75, 3.05) is 37.4 Å². The highest BCUT2D eigenvalue weighted by atomic mass is 35.5. The second-order valence-electron chi connectivity index (χ2n) is 5.05. The van der Waals surface area contributed by atoms with E-state index in [9.17, 15) is 0 Å². The smallest absolute Gasteiger partial charge is 0.224 e. The van der Waals surface area contributed by atoms with Crippen LogP contribution in [0.1, 0.15) is 11.3 Å². The summed E-state index contributed by atoms with van der Waals surface area (Å²) in [6.07, 6.45) is 0.783. The van der Waals surface area contributed by atoms with E-state index in [2.05, 4.69) is 20.6 Å². The molecule has 0 atom stereocenters. The van der Waals surface area contributed by atoms with Crippen LogP contribution in [-0.2, 0) is 11.2 Å². The first-order valence-electron chi connectivity index (χ1n) is 7.35. The van der Waals surface area contributed by atoms with Crippen molar-refractivity contribution in [3.8, 4) is 0 Å². The third kappa shape index (κ3) is 5.86. The molecule has 124 valence electrons. The predicted octanol–water partition coefficient (Wildman–Crippen LogP) is 3.80. The molecule has 7 heteroatoms. The van der Waals surface area contributed by atoms with E-state index in [0.29, 0.717) is 29.1 Å². The van der Waals surface area contributed by atoms with Gasteiger partial charge in [0.1, 0.15) is 5.82 Å². The number of aromatic nitrogens is 2. The summed E-state index contributed by atoms with van der Waals surface area (Å²) in [5, 5.41) is 7.74. The molecular formula is C16H20Cl2N4O. The minimum absolute atomic E-state index is 0.592. The van der Waals surface area contributed by atoms with Crippen molar-refractivity contribution in [3.05, 3.63) is 45.6 Å². The van der Waals surface area contributed by atoms with Crippen molar-refractivity contribution in [2.24, 2.45) is 0 Å². The number of aryl methyl sites for hydroxylation is 1. The summed E-state index contributed by atoms with van der Waals surface area (Å²) in [5.41, 5.74) is 1.94. The normalized spacial score (nSPS) is 10.6. The van der Waals surface area contributed by atoms with Gasteiger partial charge < -0.3 is 15.4 Å². The highest BCUT2D eigenvalue weighted by molar-refractivity contribution is 6.35.